The molecule has 1 heterocycles. The van der Waals surface area contributed by atoms with E-state index in [2.05, 4.69) is 34.9 Å². The molecule has 0 saturated heterocycles. The van der Waals surface area contributed by atoms with Crippen LogP contribution < -0.4 is 4.74 Å². The van der Waals surface area contributed by atoms with Crippen LogP contribution in [-0.4, -0.2) is 67.5 Å². The maximum atomic E-state index is 12.6. The molecule has 0 aliphatic carbocycles. The monoisotopic (exact) mass is 515 g/mol. The Morgan fingerprint density at radius 2 is 1.50 bits per heavy atom. The first-order chi connectivity index (χ1) is 18.7. The van der Waals surface area contributed by atoms with Crippen LogP contribution in [0.3, 0.4) is 0 Å². The molecule has 0 saturated carbocycles. The number of methoxy groups -OCH3 is 2. The van der Waals surface area contributed by atoms with Crippen LogP contribution in [0.4, 0.5) is 0 Å². The summed E-state index contributed by atoms with van der Waals surface area (Å²) in [4.78, 5) is 19.3. The van der Waals surface area contributed by atoms with Crippen molar-refractivity contribution in [3.63, 3.8) is 0 Å². The third-order valence-corrected chi connectivity index (χ3v) is 6.46. The molecule has 0 spiro atoms. The zero-order valence-corrected chi connectivity index (χ0v) is 22.3. The number of para-hydroxylation sites is 1. The molecule has 0 radical (unpaired) electrons. The number of hydrogen-bond acceptors (Lipinski definition) is 5. The number of aromatic nitrogens is 2. The lowest BCUT2D eigenvalue weighted by Crippen LogP contribution is -2.36. The van der Waals surface area contributed by atoms with Crippen LogP contribution in [0.15, 0.2) is 78.9 Å². The van der Waals surface area contributed by atoms with E-state index in [1.807, 2.05) is 53.4 Å². The number of nitrogens with zero attached hydrogens (tertiary/aromatic N) is 3. The lowest BCUT2D eigenvalue weighted by atomic mass is 10.2. The second-order valence-corrected chi connectivity index (χ2v) is 9.15. The number of rotatable bonds is 15. The lowest BCUT2D eigenvalue weighted by molar-refractivity contribution is -0.132. The highest BCUT2D eigenvalue weighted by molar-refractivity contribution is 5.84. The maximum absolute atomic E-state index is 12.6. The van der Waals surface area contributed by atoms with Crippen molar-refractivity contribution in [3.05, 3.63) is 78.9 Å². The molecule has 0 aliphatic rings. The number of ether oxygens (including phenoxy) is 3. The summed E-state index contributed by atoms with van der Waals surface area (Å²) in [5.41, 5.74) is 4.05. The normalized spacial score (nSPS) is 11.1. The van der Waals surface area contributed by atoms with Crippen molar-refractivity contribution in [2.45, 2.75) is 25.7 Å². The number of hydrogen-bond donors (Lipinski definition) is 0. The van der Waals surface area contributed by atoms with Crippen molar-refractivity contribution >= 4 is 16.9 Å². The van der Waals surface area contributed by atoms with Gasteiger partial charge in [-0.2, -0.15) is 0 Å². The van der Waals surface area contributed by atoms with E-state index in [9.17, 15) is 4.79 Å². The molecule has 0 atom stereocenters. The minimum absolute atomic E-state index is 0.147. The Morgan fingerprint density at radius 3 is 2.18 bits per heavy atom. The smallest absolute Gasteiger partial charge is 0.222 e. The fraction of sp³-hybridized carbons (Fsp3) is 0.355. The van der Waals surface area contributed by atoms with Crippen molar-refractivity contribution in [2.75, 3.05) is 47.1 Å². The molecule has 1 amide bonds. The second-order valence-electron chi connectivity index (χ2n) is 9.15. The highest BCUT2D eigenvalue weighted by atomic mass is 16.5. The third-order valence-electron chi connectivity index (χ3n) is 6.46. The summed E-state index contributed by atoms with van der Waals surface area (Å²) in [5, 5.41) is 0. The van der Waals surface area contributed by atoms with Gasteiger partial charge in [0.25, 0.3) is 0 Å². The number of imidazole rings is 1. The Hall–Kier alpha value is -3.68. The van der Waals surface area contributed by atoms with Crippen LogP contribution in [0.1, 0.15) is 25.7 Å². The minimum Gasteiger partial charge on any atom is -0.494 e. The van der Waals surface area contributed by atoms with E-state index in [4.69, 9.17) is 19.2 Å². The van der Waals surface area contributed by atoms with Crippen molar-refractivity contribution in [2.24, 2.45) is 0 Å². The summed E-state index contributed by atoms with van der Waals surface area (Å²) >= 11 is 0. The first kappa shape index (κ1) is 27.4. The molecule has 0 unspecified atom stereocenters. The molecular formula is C31H37N3O4. The van der Waals surface area contributed by atoms with Gasteiger partial charge in [0, 0.05) is 51.0 Å². The summed E-state index contributed by atoms with van der Waals surface area (Å²) < 4.78 is 18.6. The van der Waals surface area contributed by atoms with Gasteiger partial charge in [-0.1, -0.05) is 48.5 Å². The van der Waals surface area contributed by atoms with Crippen LogP contribution in [0.2, 0.25) is 0 Å². The molecule has 4 aromatic rings. The first-order valence-corrected chi connectivity index (χ1v) is 13.2. The van der Waals surface area contributed by atoms with E-state index in [1.165, 1.54) is 0 Å². The summed E-state index contributed by atoms with van der Waals surface area (Å²) in [5.74, 6) is 1.86. The fourth-order valence-corrected chi connectivity index (χ4v) is 4.43. The largest absolute Gasteiger partial charge is 0.494 e. The Labute approximate surface area is 225 Å². The highest BCUT2D eigenvalue weighted by Crippen LogP contribution is 2.30. The lowest BCUT2D eigenvalue weighted by Gasteiger charge is -2.22. The van der Waals surface area contributed by atoms with E-state index < -0.39 is 0 Å². The molecular weight excluding hydrogens is 478 g/mol. The van der Waals surface area contributed by atoms with E-state index in [1.54, 1.807) is 14.2 Å². The van der Waals surface area contributed by atoms with Crippen molar-refractivity contribution in [3.8, 4) is 22.8 Å². The Balaban J connectivity index is 1.36. The van der Waals surface area contributed by atoms with Gasteiger partial charge in [-0.25, -0.2) is 4.98 Å². The predicted octanol–water partition coefficient (Wildman–Crippen LogP) is 5.75. The highest BCUT2D eigenvalue weighted by Gasteiger charge is 2.15. The summed E-state index contributed by atoms with van der Waals surface area (Å²) in [6.45, 7) is 2.85. The average molecular weight is 516 g/mol. The molecule has 7 nitrogen and oxygen atoms in total. The van der Waals surface area contributed by atoms with Crippen molar-refractivity contribution in [1.82, 2.24) is 14.5 Å². The SMILES string of the molecule is COCCN(CCOC)C(=O)CCCCCOc1ccc2nc(-c3ccccc3)n(-c3ccccc3)c2c1. The molecule has 200 valence electrons. The van der Waals surface area contributed by atoms with Gasteiger partial charge in [0.05, 0.1) is 30.9 Å². The van der Waals surface area contributed by atoms with Gasteiger partial charge in [-0.05, 0) is 43.5 Å². The van der Waals surface area contributed by atoms with E-state index in [0.717, 1.165) is 53.1 Å². The van der Waals surface area contributed by atoms with Gasteiger partial charge in [0.1, 0.15) is 11.6 Å². The number of amides is 1. The third kappa shape index (κ3) is 7.21. The number of carbonyl (C=O) groups is 1. The van der Waals surface area contributed by atoms with Crippen molar-refractivity contribution in [1.29, 1.82) is 0 Å². The Kier molecular flexibility index (Phi) is 10.3. The average Bonchev–Trinajstić information content (AvgIpc) is 3.34. The maximum Gasteiger partial charge on any atom is 0.222 e. The van der Waals surface area contributed by atoms with E-state index in [0.29, 0.717) is 39.3 Å². The molecule has 1 aromatic heterocycles. The van der Waals surface area contributed by atoms with Crippen LogP contribution in [0.25, 0.3) is 28.1 Å². The molecule has 3 aromatic carbocycles. The van der Waals surface area contributed by atoms with Gasteiger partial charge < -0.3 is 19.1 Å². The molecule has 0 aliphatic heterocycles. The number of unbranched alkanes of at least 4 members (excludes halogenated alkanes) is 2. The Morgan fingerprint density at radius 1 is 0.816 bits per heavy atom. The van der Waals surface area contributed by atoms with Crippen molar-refractivity contribution < 1.29 is 19.0 Å². The summed E-state index contributed by atoms with van der Waals surface area (Å²) in [6, 6.07) is 26.6. The molecule has 0 bridgehead atoms. The van der Waals surface area contributed by atoms with Gasteiger partial charge in [-0.15, -0.1) is 0 Å². The van der Waals surface area contributed by atoms with Gasteiger partial charge >= 0.3 is 0 Å². The quantitative estimate of drug-likeness (QED) is 0.189. The molecule has 0 N–H and O–H groups in total. The topological polar surface area (TPSA) is 65.8 Å². The van der Waals surface area contributed by atoms with Crippen LogP contribution >= 0.6 is 0 Å². The summed E-state index contributed by atoms with van der Waals surface area (Å²) in [7, 11) is 3.29. The van der Waals surface area contributed by atoms with Gasteiger partial charge in [-0.3, -0.25) is 9.36 Å². The minimum atomic E-state index is 0.147. The molecule has 7 heteroatoms. The number of carbonyl (C=O) groups excluding carboxylic acids is 1. The molecule has 4 rings (SSSR count). The zero-order chi connectivity index (χ0) is 26.6. The summed E-state index contributed by atoms with van der Waals surface area (Å²) in [6.07, 6.45) is 3.17. The van der Waals surface area contributed by atoms with Crippen LogP contribution in [0, 0.1) is 0 Å². The molecule has 38 heavy (non-hydrogen) atoms. The van der Waals surface area contributed by atoms with Gasteiger partial charge in [0.15, 0.2) is 0 Å². The fourth-order valence-electron chi connectivity index (χ4n) is 4.43. The standard InChI is InChI=1S/C31H37N3O4/c1-36-22-19-33(20-23-37-2)30(35)16-10-5-11-21-38-27-17-18-28-29(24-27)34(26-14-8-4-9-15-26)31(32-28)25-12-6-3-7-13-25/h3-4,6-9,12-15,17-18,24H,5,10-11,16,19-23H2,1-2H3. The second kappa shape index (κ2) is 14.3. The van der Waals surface area contributed by atoms with E-state index >= 15 is 0 Å². The van der Waals surface area contributed by atoms with E-state index in [-0.39, 0.29) is 5.91 Å². The zero-order valence-electron chi connectivity index (χ0n) is 22.3. The Bertz CT molecular complexity index is 1270. The predicted molar refractivity (Wildman–Crippen MR) is 151 cm³/mol. The molecule has 0 fully saturated rings. The first-order valence-electron chi connectivity index (χ1n) is 13.2. The number of benzene rings is 3. The number of fused-ring (bicyclic) bond motifs is 1. The van der Waals surface area contributed by atoms with Gasteiger partial charge in [0.2, 0.25) is 5.91 Å². The van der Waals surface area contributed by atoms with Crippen LogP contribution in [-0.2, 0) is 14.3 Å². The van der Waals surface area contributed by atoms with Crippen LogP contribution in [0.5, 0.6) is 5.75 Å².